The molecule has 0 aromatic rings. The van der Waals surface area contributed by atoms with Crippen molar-refractivity contribution in [2.75, 3.05) is 6.54 Å². The molecule has 5 rings (SSSR count). The van der Waals surface area contributed by atoms with E-state index >= 15 is 0 Å². The molecule has 3 heterocycles. The van der Waals surface area contributed by atoms with Gasteiger partial charge in [0.2, 0.25) is 0 Å². The fourth-order valence-electron chi connectivity index (χ4n) is 4.15. The summed E-state index contributed by atoms with van der Waals surface area (Å²) in [7, 11) is 0. The molecule has 9 heavy (non-hydrogen) atoms. The molecule has 0 radical (unpaired) electrons. The molecule has 0 aromatic carbocycles. The Hall–Kier alpha value is -0.0400. The number of piperidine rings is 1. The maximum absolute atomic E-state index is 2.77. The van der Waals surface area contributed by atoms with Gasteiger partial charge in [0.15, 0.2) is 0 Å². The number of nitrogens with zero attached hydrogens (tertiary/aromatic N) is 1. The van der Waals surface area contributed by atoms with Gasteiger partial charge in [-0.15, -0.1) is 0 Å². The lowest BCUT2D eigenvalue weighted by Gasteiger charge is -2.36. The lowest BCUT2D eigenvalue weighted by atomic mass is 9.87. The zero-order valence-corrected chi connectivity index (χ0v) is 5.46. The Morgan fingerprint density at radius 3 is 2.56 bits per heavy atom. The Morgan fingerprint density at radius 1 is 1.11 bits per heavy atom. The summed E-state index contributed by atoms with van der Waals surface area (Å²) in [5.41, 5.74) is 0. The Morgan fingerprint density at radius 2 is 2.11 bits per heavy atom. The molecule has 1 nitrogen and oxygen atoms in total. The average Bonchev–Trinajstić information content (AvgIpc) is 2.24. The van der Waals surface area contributed by atoms with E-state index < -0.39 is 0 Å². The van der Waals surface area contributed by atoms with Gasteiger partial charge in [0, 0.05) is 18.6 Å². The standard InChI is InChI=1S/C8H11N/c1-4-2-7-5(1)6-3-9(7)8(4)6/h4-8H,1-3H2/t4-,5+,6-,7+,8-/m1/s1. The van der Waals surface area contributed by atoms with E-state index in [9.17, 15) is 0 Å². The van der Waals surface area contributed by atoms with E-state index in [-0.39, 0.29) is 0 Å². The van der Waals surface area contributed by atoms with Gasteiger partial charge in [0.1, 0.15) is 0 Å². The highest BCUT2D eigenvalue weighted by Crippen LogP contribution is 2.66. The van der Waals surface area contributed by atoms with Crippen molar-refractivity contribution in [1.29, 1.82) is 0 Å². The Kier molecular flexibility index (Phi) is 0.387. The van der Waals surface area contributed by atoms with Crippen molar-refractivity contribution >= 4 is 0 Å². The summed E-state index contributed by atoms with van der Waals surface area (Å²) in [5.74, 6) is 3.53. The van der Waals surface area contributed by atoms with Gasteiger partial charge in [-0.25, -0.2) is 0 Å². The van der Waals surface area contributed by atoms with Crippen LogP contribution in [-0.2, 0) is 0 Å². The summed E-state index contributed by atoms with van der Waals surface area (Å²) in [4.78, 5) is 2.77. The minimum absolute atomic E-state index is 1.09. The Balaban J connectivity index is 2.04. The maximum Gasteiger partial charge on any atom is 0.0171 e. The first-order valence-electron chi connectivity index (χ1n) is 4.21. The highest BCUT2D eigenvalue weighted by molar-refractivity contribution is 5.23. The zero-order valence-electron chi connectivity index (χ0n) is 5.46. The third-order valence-electron chi connectivity index (χ3n) is 4.32. The van der Waals surface area contributed by atoms with E-state index in [1.165, 1.54) is 24.3 Å². The molecule has 1 unspecified atom stereocenters. The first-order valence-corrected chi connectivity index (χ1v) is 4.21. The minimum Gasteiger partial charge on any atom is -0.296 e. The first kappa shape index (κ1) is 3.97. The van der Waals surface area contributed by atoms with Crippen LogP contribution < -0.4 is 0 Å². The van der Waals surface area contributed by atoms with Crippen molar-refractivity contribution in [3.05, 3.63) is 0 Å². The first-order chi connectivity index (χ1) is 4.45. The van der Waals surface area contributed by atoms with Crippen LogP contribution >= 0.6 is 0 Å². The molecular formula is C8H11N. The van der Waals surface area contributed by atoms with Crippen LogP contribution in [0.5, 0.6) is 0 Å². The molecule has 1 heteroatoms. The largest absolute Gasteiger partial charge is 0.296 e. The van der Waals surface area contributed by atoms with Crippen molar-refractivity contribution < 1.29 is 0 Å². The van der Waals surface area contributed by atoms with E-state index in [4.69, 9.17) is 0 Å². The molecule has 2 saturated carbocycles. The monoisotopic (exact) mass is 121 g/mol. The zero-order chi connectivity index (χ0) is 5.59. The second-order valence-corrected chi connectivity index (χ2v) is 4.31. The summed E-state index contributed by atoms with van der Waals surface area (Å²) in [5, 5.41) is 0. The van der Waals surface area contributed by atoms with Gasteiger partial charge < -0.3 is 0 Å². The molecule has 6 bridgehead atoms. The van der Waals surface area contributed by atoms with Gasteiger partial charge in [0.25, 0.3) is 0 Å². The van der Waals surface area contributed by atoms with Crippen LogP contribution in [-0.4, -0.2) is 23.5 Å². The summed E-state index contributed by atoms with van der Waals surface area (Å²) in [6, 6.07) is 2.20. The van der Waals surface area contributed by atoms with Crippen LogP contribution in [0, 0.1) is 17.8 Å². The molecule has 2 aliphatic carbocycles. The van der Waals surface area contributed by atoms with Crippen molar-refractivity contribution in [2.24, 2.45) is 17.8 Å². The molecule has 5 aliphatic rings. The Labute approximate surface area is 55.0 Å². The number of rotatable bonds is 0. The SMILES string of the molecule is C1[C@@H]2C[C@H]3[C@@H]1[C@H]1CN3[C@H]21. The highest BCUT2D eigenvalue weighted by Gasteiger charge is 2.70. The summed E-state index contributed by atoms with van der Waals surface area (Å²) < 4.78 is 0. The van der Waals surface area contributed by atoms with Crippen LogP contribution in [0.2, 0.25) is 0 Å². The summed E-state index contributed by atoms with van der Waals surface area (Å²) in [6.07, 6.45) is 3.18. The van der Waals surface area contributed by atoms with E-state index in [0.29, 0.717) is 0 Å². The molecule has 48 valence electrons. The van der Waals surface area contributed by atoms with Crippen LogP contribution in [0.3, 0.4) is 0 Å². The molecule has 0 amide bonds. The fourth-order valence-corrected chi connectivity index (χ4v) is 4.15. The van der Waals surface area contributed by atoms with Crippen LogP contribution in [0.25, 0.3) is 0 Å². The van der Waals surface area contributed by atoms with E-state index in [1.54, 1.807) is 12.8 Å². The van der Waals surface area contributed by atoms with E-state index in [0.717, 1.165) is 12.1 Å². The molecule has 3 saturated heterocycles. The maximum atomic E-state index is 2.77. The molecular weight excluding hydrogens is 110 g/mol. The van der Waals surface area contributed by atoms with Gasteiger partial charge in [-0.05, 0) is 30.6 Å². The second-order valence-electron chi connectivity index (χ2n) is 4.31. The predicted octanol–water partition coefficient (Wildman–Crippen LogP) is 0.709. The second kappa shape index (κ2) is 0.878. The van der Waals surface area contributed by atoms with E-state index in [1.807, 2.05) is 0 Å². The van der Waals surface area contributed by atoms with Gasteiger partial charge >= 0.3 is 0 Å². The van der Waals surface area contributed by atoms with Gasteiger partial charge in [-0.1, -0.05) is 0 Å². The molecule has 5 fully saturated rings. The van der Waals surface area contributed by atoms with Gasteiger partial charge in [0.05, 0.1) is 0 Å². The van der Waals surface area contributed by atoms with Gasteiger partial charge in [-0.3, -0.25) is 4.90 Å². The molecule has 0 aromatic heterocycles. The van der Waals surface area contributed by atoms with Crippen molar-refractivity contribution in [3.8, 4) is 0 Å². The smallest absolute Gasteiger partial charge is 0.0171 e. The number of hydrogen-bond donors (Lipinski definition) is 0. The minimum atomic E-state index is 1.09. The summed E-state index contributed by atoms with van der Waals surface area (Å²) >= 11 is 0. The third-order valence-corrected chi connectivity index (χ3v) is 4.32. The van der Waals surface area contributed by atoms with Crippen molar-refractivity contribution in [2.45, 2.75) is 24.9 Å². The normalized spacial score (nSPS) is 80.0. The number of hydrogen-bond acceptors (Lipinski definition) is 1. The lowest BCUT2D eigenvalue weighted by molar-refractivity contribution is 0.108. The average molecular weight is 121 g/mol. The molecule has 0 N–H and O–H groups in total. The van der Waals surface area contributed by atoms with Crippen LogP contribution in [0.4, 0.5) is 0 Å². The third kappa shape index (κ3) is 0.219. The van der Waals surface area contributed by atoms with E-state index in [2.05, 4.69) is 4.90 Å². The quantitative estimate of drug-likeness (QED) is 0.456. The van der Waals surface area contributed by atoms with Crippen LogP contribution in [0.1, 0.15) is 12.8 Å². The van der Waals surface area contributed by atoms with Crippen molar-refractivity contribution in [1.82, 2.24) is 4.90 Å². The topological polar surface area (TPSA) is 3.24 Å². The van der Waals surface area contributed by atoms with Gasteiger partial charge in [-0.2, -0.15) is 0 Å². The predicted molar refractivity (Wildman–Crippen MR) is 34.0 cm³/mol. The Bertz CT molecular complexity index is 164. The molecule has 6 atom stereocenters. The highest BCUT2D eigenvalue weighted by atomic mass is 15.3. The van der Waals surface area contributed by atoms with Crippen LogP contribution in [0.15, 0.2) is 0 Å². The summed E-state index contributed by atoms with van der Waals surface area (Å²) in [6.45, 7) is 1.48. The van der Waals surface area contributed by atoms with Crippen molar-refractivity contribution in [3.63, 3.8) is 0 Å². The molecule has 0 spiro atoms. The lowest BCUT2D eigenvalue weighted by Crippen LogP contribution is -2.46. The molecule has 3 aliphatic heterocycles. The fraction of sp³-hybridized carbons (Fsp3) is 1.00.